The van der Waals surface area contributed by atoms with E-state index in [1.807, 2.05) is 0 Å². The van der Waals surface area contributed by atoms with Crippen molar-refractivity contribution in [1.82, 2.24) is 15.2 Å². The molecule has 0 saturated carbocycles. The molecule has 118 valence electrons. The highest BCUT2D eigenvalue weighted by Gasteiger charge is 2.20. The summed E-state index contributed by atoms with van der Waals surface area (Å²) in [5.74, 6) is -0.514. The highest BCUT2D eigenvalue weighted by molar-refractivity contribution is 7.12. The molecule has 2 heterocycles. The number of hydrogen-bond acceptors (Lipinski definition) is 4. The summed E-state index contributed by atoms with van der Waals surface area (Å²) < 4.78 is 39.2. The number of carbonyl (C=O) groups is 1. The molecular formula is C13H13F3N4OS. The fourth-order valence-corrected chi connectivity index (χ4v) is 2.38. The molecule has 0 aliphatic rings. The Kier molecular flexibility index (Phi) is 4.96. The summed E-state index contributed by atoms with van der Waals surface area (Å²) in [5, 5.41) is 7.06. The number of nitrogens with one attached hydrogen (secondary N) is 1. The molecule has 1 amide bonds. The Labute approximate surface area is 128 Å². The maximum Gasteiger partial charge on any atom is 0.282 e. The van der Waals surface area contributed by atoms with Gasteiger partial charge in [0.2, 0.25) is 0 Å². The summed E-state index contributed by atoms with van der Waals surface area (Å²) in [7, 11) is 0. The number of nitrogens with zero attached hydrogens (tertiary/aromatic N) is 3. The van der Waals surface area contributed by atoms with Gasteiger partial charge in [0.25, 0.3) is 12.3 Å². The summed E-state index contributed by atoms with van der Waals surface area (Å²) in [6.07, 6.45) is -1.39. The molecule has 0 saturated heterocycles. The number of carbonyl (C=O) groups excluding carboxylic acids is 1. The highest BCUT2D eigenvalue weighted by Crippen LogP contribution is 2.20. The van der Waals surface area contributed by atoms with Crippen LogP contribution in [0.3, 0.4) is 0 Å². The minimum absolute atomic E-state index is 0.354. The lowest BCUT2D eigenvalue weighted by Gasteiger charge is -2.12. The second kappa shape index (κ2) is 6.73. The average molecular weight is 330 g/mol. The summed E-state index contributed by atoms with van der Waals surface area (Å²) in [6, 6.07) is 3.23. The van der Waals surface area contributed by atoms with E-state index < -0.39 is 18.4 Å². The van der Waals surface area contributed by atoms with Crippen LogP contribution < -0.4 is 5.43 Å². The molecular weight excluding hydrogens is 317 g/mol. The monoisotopic (exact) mass is 330 g/mol. The van der Waals surface area contributed by atoms with Gasteiger partial charge in [0.1, 0.15) is 11.7 Å². The van der Waals surface area contributed by atoms with Gasteiger partial charge in [-0.3, -0.25) is 9.48 Å². The summed E-state index contributed by atoms with van der Waals surface area (Å²) in [6.45, 7) is 3.10. The predicted octanol–water partition coefficient (Wildman–Crippen LogP) is 3.04. The highest BCUT2D eigenvalue weighted by atomic mass is 32.1. The summed E-state index contributed by atoms with van der Waals surface area (Å²) in [5.41, 5.74) is 2.34. The second-order valence-corrected chi connectivity index (χ2v) is 5.57. The van der Waals surface area contributed by atoms with Gasteiger partial charge in [0.05, 0.1) is 11.1 Å². The first kappa shape index (κ1) is 16.2. The van der Waals surface area contributed by atoms with Gasteiger partial charge in [-0.2, -0.15) is 14.6 Å². The van der Waals surface area contributed by atoms with E-state index >= 15 is 0 Å². The Bertz CT molecular complexity index is 695. The molecule has 0 radical (unpaired) electrons. The lowest BCUT2D eigenvalue weighted by molar-refractivity contribution is -0.124. The Morgan fingerprint density at radius 1 is 1.50 bits per heavy atom. The fourth-order valence-electron chi connectivity index (χ4n) is 1.77. The maximum atomic E-state index is 12.8. The van der Waals surface area contributed by atoms with Crippen molar-refractivity contribution in [2.45, 2.75) is 26.3 Å². The van der Waals surface area contributed by atoms with Gasteiger partial charge in [-0.15, -0.1) is 11.3 Å². The number of rotatable bonds is 5. The van der Waals surface area contributed by atoms with Crippen LogP contribution in [0.25, 0.3) is 0 Å². The molecule has 0 bridgehead atoms. The van der Waals surface area contributed by atoms with Gasteiger partial charge in [-0.25, -0.2) is 14.2 Å². The van der Waals surface area contributed by atoms with Crippen molar-refractivity contribution in [3.63, 3.8) is 0 Å². The molecule has 0 aliphatic carbocycles. The van der Waals surface area contributed by atoms with Crippen molar-refractivity contribution in [2.24, 2.45) is 5.10 Å². The van der Waals surface area contributed by atoms with Crippen LogP contribution >= 0.6 is 11.3 Å². The maximum absolute atomic E-state index is 12.8. The van der Waals surface area contributed by atoms with Crippen molar-refractivity contribution in [3.8, 4) is 0 Å². The first-order chi connectivity index (χ1) is 10.4. The molecule has 5 nitrogen and oxygen atoms in total. The van der Waals surface area contributed by atoms with E-state index in [0.717, 1.165) is 11.3 Å². The number of amides is 1. The van der Waals surface area contributed by atoms with Crippen molar-refractivity contribution in [2.75, 3.05) is 0 Å². The number of hydrazone groups is 1. The van der Waals surface area contributed by atoms with Gasteiger partial charge in [0, 0.05) is 5.69 Å². The molecule has 0 fully saturated rings. The molecule has 1 atom stereocenters. The zero-order chi connectivity index (χ0) is 16.3. The average Bonchev–Trinajstić information content (AvgIpc) is 3.04. The number of aromatic nitrogens is 2. The minimum Gasteiger partial charge on any atom is -0.271 e. The van der Waals surface area contributed by atoms with E-state index in [9.17, 15) is 18.0 Å². The standard InChI is InChI=1S/C13H13F3N4OS/c1-7-5-10(12(15)16)19-20(7)8(2)13(21)18-17-6-9-3-4-11(14)22-9/h3-6,8,12H,1-2H3,(H,18,21). The Hall–Kier alpha value is -2.16. The topological polar surface area (TPSA) is 59.3 Å². The number of hydrogen-bond donors (Lipinski definition) is 1. The molecule has 0 aromatic carbocycles. The molecule has 9 heteroatoms. The second-order valence-electron chi connectivity index (χ2n) is 4.51. The quantitative estimate of drug-likeness (QED) is 0.677. The third-order valence-electron chi connectivity index (χ3n) is 2.87. The van der Waals surface area contributed by atoms with Crippen LogP contribution in [0.2, 0.25) is 0 Å². The first-order valence-electron chi connectivity index (χ1n) is 6.31. The summed E-state index contributed by atoms with van der Waals surface area (Å²) in [4.78, 5) is 12.5. The van der Waals surface area contributed by atoms with E-state index in [0.29, 0.717) is 10.6 Å². The van der Waals surface area contributed by atoms with Crippen LogP contribution in [0.5, 0.6) is 0 Å². The van der Waals surface area contributed by atoms with Crippen molar-refractivity contribution in [3.05, 3.63) is 39.6 Å². The van der Waals surface area contributed by atoms with E-state index in [4.69, 9.17) is 0 Å². The number of halogens is 3. The number of aryl methyl sites for hydroxylation is 1. The van der Waals surface area contributed by atoms with Crippen molar-refractivity contribution < 1.29 is 18.0 Å². The molecule has 22 heavy (non-hydrogen) atoms. The third-order valence-corrected chi connectivity index (χ3v) is 3.68. The van der Waals surface area contributed by atoms with E-state index in [1.54, 1.807) is 6.92 Å². The van der Waals surface area contributed by atoms with E-state index in [2.05, 4.69) is 15.6 Å². The molecule has 2 aromatic rings. The van der Waals surface area contributed by atoms with Gasteiger partial charge in [-0.05, 0) is 32.0 Å². The number of thiophene rings is 1. The van der Waals surface area contributed by atoms with Gasteiger partial charge in [-0.1, -0.05) is 0 Å². The van der Waals surface area contributed by atoms with Crippen LogP contribution in [-0.2, 0) is 4.79 Å². The molecule has 2 aromatic heterocycles. The fraction of sp³-hybridized carbons (Fsp3) is 0.308. The lowest BCUT2D eigenvalue weighted by Crippen LogP contribution is -2.28. The molecule has 0 aliphatic heterocycles. The smallest absolute Gasteiger partial charge is 0.271 e. The van der Waals surface area contributed by atoms with Crippen LogP contribution in [0, 0.1) is 12.1 Å². The Morgan fingerprint density at radius 3 is 2.77 bits per heavy atom. The third kappa shape index (κ3) is 3.73. The van der Waals surface area contributed by atoms with Gasteiger partial charge >= 0.3 is 0 Å². The lowest BCUT2D eigenvalue weighted by atomic mass is 10.3. The normalized spacial score (nSPS) is 13.0. The predicted molar refractivity (Wildman–Crippen MR) is 76.6 cm³/mol. The minimum atomic E-state index is -2.69. The van der Waals surface area contributed by atoms with Crippen LogP contribution in [0.4, 0.5) is 13.2 Å². The Balaban J connectivity index is 2.01. The van der Waals surface area contributed by atoms with Gasteiger partial charge < -0.3 is 0 Å². The van der Waals surface area contributed by atoms with Crippen molar-refractivity contribution in [1.29, 1.82) is 0 Å². The van der Waals surface area contributed by atoms with Crippen LogP contribution in [-0.4, -0.2) is 21.9 Å². The molecule has 0 spiro atoms. The van der Waals surface area contributed by atoms with Crippen molar-refractivity contribution >= 4 is 23.5 Å². The van der Waals surface area contributed by atoms with E-state index in [1.165, 1.54) is 36.0 Å². The van der Waals surface area contributed by atoms with E-state index in [-0.39, 0.29) is 10.8 Å². The SMILES string of the molecule is Cc1cc(C(F)F)nn1C(C)C(=O)NN=Cc1ccc(F)s1. The number of alkyl halides is 2. The summed E-state index contributed by atoms with van der Waals surface area (Å²) >= 11 is 0.885. The molecule has 1 unspecified atom stereocenters. The zero-order valence-electron chi connectivity index (χ0n) is 11.8. The molecule has 1 N–H and O–H groups in total. The van der Waals surface area contributed by atoms with Crippen LogP contribution in [0.15, 0.2) is 23.3 Å². The Morgan fingerprint density at radius 2 is 2.23 bits per heavy atom. The molecule has 2 rings (SSSR count). The first-order valence-corrected chi connectivity index (χ1v) is 7.12. The van der Waals surface area contributed by atoms with Crippen LogP contribution in [0.1, 0.15) is 35.7 Å². The van der Waals surface area contributed by atoms with Gasteiger partial charge in [0.15, 0.2) is 5.13 Å². The largest absolute Gasteiger partial charge is 0.282 e. The zero-order valence-corrected chi connectivity index (χ0v) is 12.6.